The van der Waals surface area contributed by atoms with E-state index in [1.165, 1.54) is 12.8 Å². The van der Waals surface area contributed by atoms with E-state index in [0.29, 0.717) is 0 Å². The van der Waals surface area contributed by atoms with E-state index >= 15 is 0 Å². The van der Waals surface area contributed by atoms with Crippen LogP contribution < -0.4 is 17.0 Å². The van der Waals surface area contributed by atoms with Crippen LogP contribution >= 0.6 is 0 Å². The topological polar surface area (TPSA) is 9.23 Å². The molecule has 0 amide bonds. The van der Waals surface area contributed by atoms with Gasteiger partial charge in [-0.3, -0.25) is 6.58 Å². The molecule has 1 rings (SSSR count). The van der Waals surface area contributed by atoms with Crippen LogP contribution in [0.2, 0.25) is 0 Å². The Balaban J connectivity index is -0.0000000836. The molecule has 9 heavy (non-hydrogen) atoms. The van der Waals surface area contributed by atoms with E-state index in [-0.39, 0.29) is 40.0 Å². The van der Waals surface area contributed by atoms with E-state index in [1.54, 1.807) is 0 Å². The maximum atomic E-state index is 4.94. The van der Waals surface area contributed by atoms with Crippen molar-refractivity contribution in [2.45, 2.75) is 12.8 Å². The Kier molecular flexibility index (Phi) is 29.3. The molecule has 0 unspecified atom stereocenters. The summed E-state index contributed by atoms with van der Waals surface area (Å²) in [6, 6.07) is 0. The molecular formula is C6H11BrMgO. The Hall–Kier alpha value is 0.946. The fourth-order valence-corrected chi connectivity index (χ4v) is 0.510. The number of rotatable bonds is 0. The second kappa shape index (κ2) is 16.0. The van der Waals surface area contributed by atoms with Gasteiger partial charge < -0.3 is 28.3 Å². The summed E-state index contributed by atoms with van der Waals surface area (Å²) in [5, 5.41) is 0. The van der Waals surface area contributed by atoms with Gasteiger partial charge in [0.15, 0.2) is 0 Å². The summed E-state index contributed by atoms with van der Waals surface area (Å²) in [4.78, 5) is 0. The average Bonchev–Trinajstić information content (AvgIpc) is 2.23. The van der Waals surface area contributed by atoms with E-state index < -0.39 is 0 Å². The van der Waals surface area contributed by atoms with Gasteiger partial charge in [-0.15, -0.1) is 0 Å². The van der Waals surface area contributed by atoms with Crippen LogP contribution in [0.3, 0.4) is 0 Å². The molecule has 0 bridgehead atoms. The molecule has 1 nitrogen and oxygen atoms in total. The van der Waals surface area contributed by atoms with Crippen molar-refractivity contribution in [3.63, 3.8) is 0 Å². The van der Waals surface area contributed by atoms with E-state index in [0.717, 1.165) is 13.2 Å². The Morgan fingerprint density at radius 1 is 1.11 bits per heavy atom. The third-order valence-corrected chi connectivity index (χ3v) is 0.827. The Morgan fingerprint density at radius 2 is 1.44 bits per heavy atom. The van der Waals surface area contributed by atoms with Crippen molar-refractivity contribution in [1.82, 2.24) is 0 Å². The summed E-state index contributed by atoms with van der Waals surface area (Å²) >= 11 is 0. The molecule has 3 heteroatoms. The summed E-state index contributed by atoms with van der Waals surface area (Å²) < 4.78 is 4.94. The number of ether oxygens (including phenoxy) is 1. The van der Waals surface area contributed by atoms with Gasteiger partial charge in [0, 0.05) is 13.2 Å². The van der Waals surface area contributed by atoms with Crippen LogP contribution in [0.1, 0.15) is 12.8 Å². The molecule has 1 heterocycles. The van der Waals surface area contributed by atoms with Gasteiger partial charge in [0.25, 0.3) is 0 Å². The molecular weight excluding hydrogens is 192 g/mol. The van der Waals surface area contributed by atoms with E-state index in [2.05, 4.69) is 13.2 Å². The Labute approximate surface area is 83.8 Å². The maximum Gasteiger partial charge on any atom is 2.00 e. The minimum absolute atomic E-state index is 0. The zero-order valence-electron chi connectivity index (χ0n) is 5.61. The second-order valence-corrected chi connectivity index (χ2v) is 1.32. The van der Waals surface area contributed by atoms with Crippen LogP contribution in [0.4, 0.5) is 0 Å². The van der Waals surface area contributed by atoms with Gasteiger partial charge in [0.05, 0.1) is 0 Å². The predicted octanol–water partition coefficient (Wildman–Crippen LogP) is -1.97. The molecule has 1 aliphatic rings. The van der Waals surface area contributed by atoms with Gasteiger partial charge in [0.2, 0.25) is 0 Å². The molecule has 0 radical (unpaired) electrons. The molecule has 0 N–H and O–H groups in total. The van der Waals surface area contributed by atoms with Gasteiger partial charge in [-0.2, -0.15) is 0 Å². The minimum atomic E-state index is 0. The molecule has 50 valence electrons. The molecule has 0 spiro atoms. The Bertz CT molecular complexity index is 32.4. The first-order chi connectivity index (χ1) is 3.50. The summed E-state index contributed by atoms with van der Waals surface area (Å²) in [5.41, 5.74) is 0. The van der Waals surface area contributed by atoms with Crippen LogP contribution in [-0.2, 0) is 4.74 Å². The molecule has 0 atom stereocenters. The fourth-order valence-electron chi connectivity index (χ4n) is 0.510. The zero-order valence-corrected chi connectivity index (χ0v) is 8.61. The van der Waals surface area contributed by atoms with Crippen molar-refractivity contribution in [1.29, 1.82) is 0 Å². The molecule has 0 aromatic carbocycles. The summed E-state index contributed by atoms with van der Waals surface area (Å²) in [6.07, 6.45) is 2.56. The third-order valence-electron chi connectivity index (χ3n) is 0.827. The van der Waals surface area contributed by atoms with Crippen molar-refractivity contribution in [2.24, 2.45) is 0 Å². The quantitative estimate of drug-likeness (QED) is 0.328. The minimum Gasteiger partial charge on any atom is -1.00 e. The standard InChI is InChI=1S/C4H8O.C2H3.BrH.Mg/c1-2-4-5-3-1;1-2;;/h1-4H2;1H,2H2;1H;/q;-1;;+2/p-1. The van der Waals surface area contributed by atoms with Crippen molar-refractivity contribution in [2.75, 3.05) is 13.2 Å². The summed E-state index contributed by atoms with van der Waals surface area (Å²) in [5.74, 6) is 0. The third kappa shape index (κ3) is 12.2. The number of hydrogen-bond acceptors (Lipinski definition) is 1. The maximum absolute atomic E-state index is 4.94. The normalized spacial score (nSPS) is 13.8. The monoisotopic (exact) mass is 202 g/mol. The molecule has 1 aliphatic heterocycles. The number of hydrogen-bond donors (Lipinski definition) is 0. The van der Waals surface area contributed by atoms with Gasteiger partial charge in [0.1, 0.15) is 0 Å². The van der Waals surface area contributed by atoms with Crippen LogP contribution in [0, 0.1) is 6.58 Å². The molecule has 1 saturated heterocycles. The SMILES string of the molecule is C1CCOC1.[Br-].[CH-]=C.[Mg+2]. The van der Waals surface area contributed by atoms with Crippen LogP contribution in [0.15, 0.2) is 6.58 Å². The van der Waals surface area contributed by atoms with Crippen molar-refractivity contribution in [3.8, 4) is 0 Å². The van der Waals surface area contributed by atoms with Crippen molar-refractivity contribution in [3.05, 3.63) is 13.2 Å². The van der Waals surface area contributed by atoms with Gasteiger partial charge >= 0.3 is 23.1 Å². The molecule has 0 aliphatic carbocycles. The predicted molar refractivity (Wildman–Crippen MR) is 35.7 cm³/mol. The van der Waals surface area contributed by atoms with Gasteiger partial charge in [-0.25, -0.2) is 0 Å². The van der Waals surface area contributed by atoms with Gasteiger partial charge in [-0.05, 0) is 12.8 Å². The largest absolute Gasteiger partial charge is 2.00 e. The van der Waals surface area contributed by atoms with E-state index in [4.69, 9.17) is 4.74 Å². The molecule has 0 saturated carbocycles. The van der Waals surface area contributed by atoms with Crippen molar-refractivity contribution >= 4 is 23.1 Å². The fraction of sp³-hybridized carbons (Fsp3) is 0.667. The first kappa shape index (κ1) is 16.5. The van der Waals surface area contributed by atoms with Crippen LogP contribution in [0.5, 0.6) is 0 Å². The number of halogens is 1. The van der Waals surface area contributed by atoms with Crippen LogP contribution in [0.25, 0.3) is 0 Å². The van der Waals surface area contributed by atoms with Gasteiger partial charge in [-0.1, -0.05) is 0 Å². The molecule has 0 aromatic rings. The zero-order chi connectivity index (χ0) is 5.54. The first-order valence-electron chi connectivity index (χ1n) is 2.49. The van der Waals surface area contributed by atoms with E-state index in [9.17, 15) is 0 Å². The molecule has 0 aromatic heterocycles. The molecule has 1 fully saturated rings. The first-order valence-corrected chi connectivity index (χ1v) is 2.49. The average molecular weight is 203 g/mol. The van der Waals surface area contributed by atoms with Crippen molar-refractivity contribution < 1.29 is 21.7 Å². The van der Waals surface area contributed by atoms with Crippen LogP contribution in [-0.4, -0.2) is 36.3 Å². The van der Waals surface area contributed by atoms with E-state index in [1.807, 2.05) is 0 Å². The summed E-state index contributed by atoms with van der Waals surface area (Å²) in [7, 11) is 0. The summed E-state index contributed by atoms with van der Waals surface area (Å²) in [6.45, 7) is 9.00. The second-order valence-electron chi connectivity index (χ2n) is 1.32. The smallest absolute Gasteiger partial charge is 1.00 e. The Morgan fingerprint density at radius 3 is 1.56 bits per heavy atom.